The number of aromatic nitrogens is 1. The van der Waals surface area contributed by atoms with Crippen LogP contribution in [0.25, 0.3) is 0 Å². The van der Waals surface area contributed by atoms with E-state index in [-0.39, 0.29) is 5.91 Å². The van der Waals surface area contributed by atoms with E-state index in [2.05, 4.69) is 26.2 Å². The van der Waals surface area contributed by atoms with Crippen LogP contribution in [-0.2, 0) is 4.79 Å². The number of pyridine rings is 1. The van der Waals surface area contributed by atoms with E-state index in [0.29, 0.717) is 13.0 Å². The zero-order chi connectivity index (χ0) is 11.8. The first-order valence-corrected chi connectivity index (χ1v) is 6.13. The van der Waals surface area contributed by atoms with Crippen LogP contribution in [0.4, 0.5) is 5.69 Å². The van der Waals surface area contributed by atoms with Gasteiger partial charge in [0.15, 0.2) is 0 Å². The number of halogens is 1. The molecule has 0 bridgehead atoms. The Hall–Kier alpha value is -0.940. The van der Waals surface area contributed by atoms with Crippen LogP contribution in [0.2, 0.25) is 0 Å². The number of carbonyl (C=O) groups excluding carboxylic acids is 1. The maximum atomic E-state index is 11.5. The van der Waals surface area contributed by atoms with Crippen molar-refractivity contribution in [3.8, 4) is 0 Å². The van der Waals surface area contributed by atoms with Gasteiger partial charge >= 0.3 is 0 Å². The molecule has 0 aliphatic heterocycles. The van der Waals surface area contributed by atoms with Crippen molar-refractivity contribution in [2.24, 2.45) is 5.73 Å². The summed E-state index contributed by atoms with van der Waals surface area (Å²) in [5.41, 5.74) is 6.10. The molecule has 0 unspecified atom stereocenters. The molecule has 0 radical (unpaired) electrons. The summed E-state index contributed by atoms with van der Waals surface area (Å²) < 4.78 is 0.758. The minimum atomic E-state index is 0.0288. The van der Waals surface area contributed by atoms with Crippen LogP contribution >= 0.6 is 15.9 Å². The molecule has 16 heavy (non-hydrogen) atoms. The number of amides is 1. The number of unbranched alkanes of at least 4 members (excludes halogenated alkanes) is 2. The molecule has 3 N–H and O–H groups in total. The summed E-state index contributed by atoms with van der Waals surface area (Å²) in [6.07, 6.45) is 5.03. The van der Waals surface area contributed by atoms with Crippen molar-refractivity contribution < 1.29 is 4.79 Å². The van der Waals surface area contributed by atoms with Gasteiger partial charge < -0.3 is 11.1 Å². The van der Waals surface area contributed by atoms with Gasteiger partial charge in [-0.25, -0.2) is 4.98 Å². The average molecular weight is 286 g/mol. The molecule has 0 fully saturated rings. The highest BCUT2D eigenvalue weighted by atomic mass is 79.9. The van der Waals surface area contributed by atoms with E-state index in [1.165, 1.54) is 0 Å². The predicted molar refractivity (Wildman–Crippen MR) is 68.1 cm³/mol. The molecular formula is C11H16BrN3O. The molecular weight excluding hydrogens is 270 g/mol. The SMILES string of the molecule is NCCCCCC(=O)Nc1ccc(Br)nc1. The Labute approximate surface area is 104 Å². The lowest BCUT2D eigenvalue weighted by Crippen LogP contribution is -2.11. The van der Waals surface area contributed by atoms with E-state index in [4.69, 9.17) is 5.73 Å². The van der Waals surface area contributed by atoms with Crippen LogP contribution in [0.15, 0.2) is 22.9 Å². The maximum absolute atomic E-state index is 11.5. The lowest BCUT2D eigenvalue weighted by atomic mass is 10.2. The molecule has 1 rings (SSSR count). The second-order valence-corrected chi connectivity index (χ2v) is 4.33. The molecule has 0 aliphatic carbocycles. The summed E-state index contributed by atoms with van der Waals surface area (Å²) in [5, 5.41) is 2.79. The average Bonchev–Trinajstić information content (AvgIpc) is 2.28. The van der Waals surface area contributed by atoms with Crippen molar-refractivity contribution in [1.29, 1.82) is 0 Å². The molecule has 1 aromatic rings. The van der Waals surface area contributed by atoms with E-state index < -0.39 is 0 Å². The number of nitrogens with one attached hydrogen (secondary N) is 1. The second kappa shape index (κ2) is 7.35. The largest absolute Gasteiger partial charge is 0.330 e. The van der Waals surface area contributed by atoms with Crippen LogP contribution in [-0.4, -0.2) is 17.4 Å². The maximum Gasteiger partial charge on any atom is 0.224 e. The molecule has 88 valence electrons. The van der Waals surface area contributed by atoms with Crippen molar-refractivity contribution in [3.05, 3.63) is 22.9 Å². The number of rotatable bonds is 6. The molecule has 5 heteroatoms. The van der Waals surface area contributed by atoms with Crippen LogP contribution < -0.4 is 11.1 Å². The van der Waals surface area contributed by atoms with Gasteiger partial charge in [-0.15, -0.1) is 0 Å². The highest BCUT2D eigenvalue weighted by molar-refractivity contribution is 9.10. The molecule has 0 saturated carbocycles. The fourth-order valence-corrected chi connectivity index (χ4v) is 1.51. The van der Waals surface area contributed by atoms with Crippen LogP contribution in [0, 0.1) is 0 Å². The predicted octanol–water partition coefficient (Wildman–Crippen LogP) is 2.30. The van der Waals surface area contributed by atoms with Gasteiger partial charge in [0.2, 0.25) is 5.91 Å². The van der Waals surface area contributed by atoms with Gasteiger partial charge in [0, 0.05) is 6.42 Å². The van der Waals surface area contributed by atoms with Crippen LogP contribution in [0.1, 0.15) is 25.7 Å². The Morgan fingerprint density at radius 1 is 1.38 bits per heavy atom. The first kappa shape index (κ1) is 13.1. The summed E-state index contributed by atoms with van der Waals surface area (Å²) in [4.78, 5) is 15.5. The Bertz CT molecular complexity index is 327. The normalized spacial score (nSPS) is 10.1. The Morgan fingerprint density at radius 2 is 2.19 bits per heavy atom. The van der Waals surface area contributed by atoms with Crippen molar-refractivity contribution in [3.63, 3.8) is 0 Å². The van der Waals surface area contributed by atoms with Crippen molar-refractivity contribution in [2.75, 3.05) is 11.9 Å². The molecule has 0 spiro atoms. The molecule has 4 nitrogen and oxygen atoms in total. The lowest BCUT2D eigenvalue weighted by Gasteiger charge is -2.04. The molecule has 1 heterocycles. The highest BCUT2D eigenvalue weighted by Gasteiger charge is 2.02. The molecule has 0 aromatic carbocycles. The smallest absolute Gasteiger partial charge is 0.224 e. The molecule has 0 saturated heterocycles. The molecule has 0 atom stereocenters. The van der Waals surface area contributed by atoms with Crippen molar-refractivity contribution in [1.82, 2.24) is 4.98 Å². The summed E-state index contributed by atoms with van der Waals surface area (Å²) in [7, 11) is 0. The van der Waals surface area contributed by atoms with Gasteiger partial charge in [-0.05, 0) is 47.4 Å². The van der Waals surface area contributed by atoms with E-state index in [1.807, 2.05) is 6.07 Å². The van der Waals surface area contributed by atoms with E-state index in [1.54, 1.807) is 12.3 Å². The quantitative estimate of drug-likeness (QED) is 0.623. The molecule has 0 aliphatic rings. The Balaban J connectivity index is 2.26. The first-order valence-electron chi connectivity index (χ1n) is 5.34. The minimum absolute atomic E-state index is 0.0288. The molecule has 1 aromatic heterocycles. The lowest BCUT2D eigenvalue weighted by molar-refractivity contribution is -0.116. The second-order valence-electron chi connectivity index (χ2n) is 3.52. The zero-order valence-electron chi connectivity index (χ0n) is 9.08. The van der Waals surface area contributed by atoms with Gasteiger partial charge in [-0.3, -0.25) is 4.79 Å². The number of anilines is 1. The van der Waals surface area contributed by atoms with E-state index in [9.17, 15) is 4.79 Å². The fourth-order valence-electron chi connectivity index (χ4n) is 1.28. The highest BCUT2D eigenvalue weighted by Crippen LogP contribution is 2.11. The van der Waals surface area contributed by atoms with Gasteiger partial charge in [-0.2, -0.15) is 0 Å². The Kier molecular flexibility index (Phi) is 6.03. The van der Waals surface area contributed by atoms with Gasteiger partial charge in [0.1, 0.15) is 4.60 Å². The van der Waals surface area contributed by atoms with Crippen molar-refractivity contribution >= 4 is 27.5 Å². The summed E-state index contributed by atoms with van der Waals surface area (Å²) in [5.74, 6) is 0.0288. The standard InChI is InChI=1S/C11H16BrN3O/c12-10-6-5-9(8-14-10)15-11(16)4-2-1-3-7-13/h5-6,8H,1-4,7,13H2,(H,15,16). The van der Waals surface area contributed by atoms with E-state index in [0.717, 1.165) is 29.6 Å². The minimum Gasteiger partial charge on any atom is -0.330 e. The number of hydrogen-bond acceptors (Lipinski definition) is 3. The fraction of sp³-hybridized carbons (Fsp3) is 0.455. The van der Waals surface area contributed by atoms with Gasteiger partial charge in [0.25, 0.3) is 0 Å². The third-order valence-electron chi connectivity index (χ3n) is 2.12. The number of nitrogens with zero attached hydrogens (tertiary/aromatic N) is 1. The number of carbonyl (C=O) groups is 1. The van der Waals surface area contributed by atoms with Gasteiger partial charge in [0.05, 0.1) is 11.9 Å². The third kappa shape index (κ3) is 5.23. The topological polar surface area (TPSA) is 68.0 Å². The monoisotopic (exact) mass is 285 g/mol. The summed E-state index contributed by atoms with van der Waals surface area (Å²) in [6, 6.07) is 3.61. The van der Waals surface area contributed by atoms with Crippen LogP contribution in [0.5, 0.6) is 0 Å². The summed E-state index contributed by atoms with van der Waals surface area (Å²) in [6.45, 7) is 0.693. The third-order valence-corrected chi connectivity index (χ3v) is 2.59. The van der Waals surface area contributed by atoms with Crippen molar-refractivity contribution in [2.45, 2.75) is 25.7 Å². The van der Waals surface area contributed by atoms with Crippen LogP contribution in [0.3, 0.4) is 0 Å². The number of hydrogen-bond donors (Lipinski definition) is 2. The van der Waals surface area contributed by atoms with E-state index >= 15 is 0 Å². The number of nitrogens with two attached hydrogens (primary N) is 1. The molecule has 1 amide bonds. The van der Waals surface area contributed by atoms with Gasteiger partial charge in [-0.1, -0.05) is 6.42 Å². The summed E-state index contributed by atoms with van der Waals surface area (Å²) >= 11 is 3.24. The Morgan fingerprint density at radius 3 is 2.81 bits per heavy atom. The first-order chi connectivity index (χ1) is 7.72. The zero-order valence-corrected chi connectivity index (χ0v) is 10.7.